The second-order valence-corrected chi connectivity index (χ2v) is 16.6. The number of piperidine rings is 2. The van der Waals surface area contributed by atoms with Crippen LogP contribution >= 0.6 is 11.6 Å². The van der Waals surface area contributed by atoms with Crippen molar-refractivity contribution >= 4 is 24.0 Å². The summed E-state index contributed by atoms with van der Waals surface area (Å²) in [6.07, 6.45) is 8.99. The number of hydrogen-bond acceptors (Lipinski definition) is 9. The van der Waals surface area contributed by atoms with Crippen molar-refractivity contribution < 1.29 is 28.5 Å². The fourth-order valence-electron chi connectivity index (χ4n) is 7.73. The molecule has 11 heteroatoms. The van der Waals surface area contributed by atoms with Crippen LogP contribution in [0.15, 0.2) is 67.0 Å². The number of nitrogens with zero attached hydrogens (tertiary/aromatic N) is 4. The van der Waals surface area contributed by atoms with E-state index in [-0.39, 0.29) is 19.3 Å². The largest absolute Gasteiger partial charge is 0.493 e. The molecule has 3 aromatic carbocycles. The molecule has 300 valence electrons. The molecule has 2 aliphatic rings. The van der Waals surface area contributed by atoms with Crippen LogP contribution in [-0.4, -0.2) is 72.1 Å². The zero-order valence-corrected chi connectivity index (χ0v) is 34.5. The van der Waals surface area contributed by atoms with Gasteiger partial charge in [-0.15, -0.1) is 0 Å². The van der Waals surface area contributed by atoms with Crippen molar-refractivity contribution in [3.63, 3.8) is 0 Å². The molecular formula is C46H53ClN4O6. The van der Waals surface area contributed by atoms with Gasteiger partial charge in [0.2, 0.25) is 0 Å². The first-order valence-electron chi connectivity index (χ1n) is 19.8. The molecule has 0 atom stereocenters. The van der Waals surface area contributed by atoms with Crippen molar-refractivity contribution in [2.75, 3.05) is 39.3 Å². The normalized spacial score (nSPS) is 15.5. The number of halogens is 1. The highest BCUT2D eigenvalue weighted by molar-refractivity contribution is 6.32. The molecule has 1 amide bonds. The second kappa shape index (κ2) is 18.4. The lowest BCUT2D eigenvalue weighted by Gasteiger charge is -2.46. The Balaban J connectivity index is 1.01. The number of aldehydes is 1. The molecule has 0 bridgehead atoms. The zero-order chi connectivity index (χ0) is 40.6. The molecule has 2 fully saturated rings. The topological polar surface area (TPSA) is 114 Å². The Labute approximate surface area is 341 Å². The van der Waals surface area contributed by atoms with Gasteiger partial charge in [0.25, 0.3) is 0 Å². The smallest absolute Gasteiger partial charge is 0.410 e. The van der Waals surface area contributed by atoms with Gasteiger partial charge in [-0.3, -0.25) is 9.78 Å². The number of ether oxygens (including phenoxy) is 4. The summed E-state index contributed by atoms with van der Waals surface area (Å²) in [5.74, 6) is 1.60. The van der Waals surface area contributed by atoms with Crippen LogP contribution in [0.1, 0.15) is 91.1 Å². The molecule has 2 saturated heterocycles. The maximum Gasteiger partial charge on any atom is 0.410 e. The van der Waals surface area contributed by atoms with E-state index in [1.807, 2.05) is 49.9 Å². The minimum atomic E-state index is -0.465. The van der Waals surface area contributed by atoms with E-state index in [9.17, 15) is 14.9 Å². The number of pyridine rings is 1. The molecule has 0 saturated carbocycles. The number of benzene rings is 3. The molecule has 57 heavy (non-hydrogen) atoms. The molecule has 0 unspecified atom stereocenters. The SMILES string of the molecule is Cc1c(COc2cc(OCc3cncc(C#N)c3)c(C=O)cc2Cl)cccc1-c1cccc(OCCCN2CCC3(CC2)CCN(C(=O)OC(C)(C)C)CC3)c1C. The van der Waals surface area contributed by atoms with Crippen LogP contribution in [0.4, 0.5) is 4.79 Å². The Morgan fingerprint density at radius 2 is 1.56 bits per heavy atom. The molecule has 1 spiro atoms. The quantitative estimate of drug-likeness (QED) is 0.0964. The van der Waals surface area contributed by atoms with Crippen molar-refractivity contribution in [1.29, 1.82) is 5.26 Å². The summed E-state index contributed by atoms with van der Waals surface area (Å²) >= 11 is 6.55. The van der Waals surface area contributed by atoms with Gasteiger partial charge in [0.1, 0.15) is 42.1 Å². The summed E-state index contributed by atoms with van der Waals surface area (Å²) in [5, 5.41) is 9.49. The van der Waals surface area contributed by atoms with Crippen LogP contribution in [0.3, 0.4) is 0 Å². The number of hydrogen-bond donors (Lipinski definition) is 0. The predicted octanol–water partition coefficient (Wildman–Crippen LogP) is 9.74. The lowest BCUT2D eigenvalue weighted by atomic mass is 9.71. The Hall–Kier alpha value is -5.11. The number of amides is 1. The second-order valence-electron chi connectivity index (χ2n) is 16.2. The standard InChI is InChI=1S/C46H53ClN4O6/c1-32-36(31-56-43-25-42(37(29-52)24-40(43)47)55-30-35-23-34(26-48)27-49-28-35)9-6-10-38(32)39-11-7-12-41(33(39)2)54-22-8-17-50-18-13-46(14-19-50)15-20-51(21-16-46)44(53)57-45(3,4)5/h6-7,9-12,23-25,27-29H,8,13-22,30-31H2,1-5H3. The van der Waals surface area contributed by atoms with Crippen molar-refractivity contribution in [2.45, 2.75) is 85.5 Å². The van der Waals surface area contributed by atoms with Gasteiger partial charge in [-0.25, -0.2) is 4.79 Å². The summed E-state index contributed by atoms with van der Waals surface area (Å²) in [5.41, 5.74) is 6.65. The number of nitriles is 1. The number of carbonyl (C=O) groups is 2. The van der Waals surface area contributed by atoms with Gasteiger partial charge in [-0.1, -0.05) is 41.9 Å². The van der Waals surface area contributed by atoms with Gasteiger partial charge < -0.3 is 28.7 Å². The Kier molecular flexibility index (Phi) is 13.4. The molecule has 3 heterocycles. The van der Waals surface area contributed by atoms with Gasteiger partial charge in [-0.2, -0.15) is 5.26 Å². The average molecular weight is 793 g/mol. The van der Waals surface area contributed by atoms with Crippen molar-refractivity contribution in [2.24, 2.45) is 5.41 Å². The third-order valence-corrected chi connectivity index (χ3v) is 11.5. The van der Waals surface area contributed by atoms with E-state index in [2.05, 4.69) is 41.9 Å². The van der Waals surface area contributed by atoms with Gasteiger partial charge in [0.05, 0.1) is 22.8 Å². The van der Waals surface area contributed by atoms with Crippen LogP contribution in [-0.2, 0) is 18.0 Å². The van der Waals surface area contributed by atoms with Crippen molar-refractivity contribution in [3.8, 4) is 34.4 Å². The number of rotatable bonds is 13. The number of aromatic nitrogens is 1. The number of carbonyl (C=O) groups excluding carboxylic acids is 2. The predicted molar refractivity (Wildman–Crippen MR) is 221 cm³/mol. The highest BCUT2D eigenvalue weighted by Gasteiger charge is 2.39. The molecule has 4 aromatic rings. The summed E-state index contributed by atoms with van der Waals surface area (Å²) in [6, 6.07) is 19.3. The van der Waals surface area contributed by atoms with E-state index < -0.39 is 5.60 Å². The summed E-state index contributed by atoms with van der Waals surface area (Å²) in [7, 11) is 0. The first kappa shape index (κ1) is 41.5. The molecular weight excluding hydrogens is 740 g/mol. The van der Waals surface area contributed by atoms with Gasteiger partial charge in [0, 0.05) is 43.7 Å². The van der Waals surface area contributed by atoms with Crippen molar-refractivity contribution in [3.05, 3.63) is 105 Å². The van der Waals surface area contributed by atoms with Crippen LogP contribution in [0.25, 0.3) is 11.1 Å². The molecule has 0 N–H and O–H groups in total. The highest BCUT2D eigenvalue weighted by Crippen LogP contribution is 2.42. The monoisotopic (exact) mass is 792 g/mol. The van der Waals surface area contributed by atoms with E-state index >= 15 is 0 Å². The van der Waals surface area contributed by atoms with Gasteiger partial charge in [0.15, 0.2) is 6.29 Å². The minimum absolute atomic E-state index is 0.118. The first-order chi connectivity index (χ1) is 27.4. The minimum Gasteiger partial charge on any atom is -0.493 e. The number of likely N-dealkylation sites (tertiary alicyclic amines) is 2. The van der Waals surface area contributed by atoms with Crippen LogP contribution in [0.2, 0.25) is 5.02 Å². The average Bonchev–Trinajstić information content (AvgIpc) is 3.20. The molecule has 1 aromatic heterocycles. The fourth-order valence-corrected chi connectivity index (χ4v) is 7.95. The van der Waals surface area contributed by atoms with Gasteiger partial charge in [-0.05, 0) is 131 Å². The van der Waals surface area contributed by atoms with E-state index in [4.69, 9.17) is 30.5 Å². The highest BCUT2D eigenvalue weighted by atomic mass is 35.5. The van der Waals surface area contributed by atoms with E-state index in [0.717, 1.165) is 85.6 Å². The summed E-state index contributed by atoms with van der Waals surface area (Å²) in [6.45, 7) is 15.7. The Morgan fingerprint density at radius 1 is 0.877 bits per heavy atom. The molecule has 6 rings (SSSR count). The van der Waals surface area contributed by atoms with E-state index in [0.29, 0.717) is 51.5 Å². The first-order valence-corrected chi connectivity index (χ1v) is 20.1. The third-order valence-electron chi connectivity index (χ3n) is 11.2. The van der Waals surface area contributed by atoms with Gasteiger partial charge >= 0.3 is 6.09 Å². The van der Waals surface area contributed by atoms with Crippen molar-refractivity contribution in [1.82, 2.24) is 14.8 Å². The maximum absolute atomic E-state index is 12.5. The summed E-state index contributed by atoms with van der Waals surface area (Å²) in [4.78, 5) is 32.9. The Bertz CT molecular complexity index is 2090. The lowest BCUT2D eigenvalue weighted by Crippen LogP contribution is -2.49. The molecule has 2 aliphatic heterocycles. The van der Waals surface area contributed by atoms with Crippen LogP contribution < -0.4 is 14.2 Å². The van der Waals surface area contributed by atoms with Crippen LogP contribution in [0, 0.1) is 30.6 Å². The zero-order valence-electron chi connectivity index (χ0n) is 33.7. The Morgan fingerprint density at radius 3 is 2.26 bits per heavy atom. The fraction of sp³-hybridized carbons (Fsp3) is 0.435. The maximum atomic E-state index is 12.5. The molecule has 0 aliphatic carbocycles. The van der Waals surface area contributed by atoms with E-state index in [1.165, 1.54) is 25.1 Å². The van der Waals surface area contributed by atoms with Crippen LogP contribution in [0.5, 0.6) is 17.2 Å². The lowest BCUT2D eigenvalue weighted by molar-refractivity contribution is -0.00266. The third kappa shape index (κ3) is 10.6. The summed E-state index contributed by atoms with van der Waals surface area (Å²) < 4.78 is 24.1. The molecule has 0 radical (unpaired) electrons. The van der Waals surface area contributed by atoms with E-state index in [1.54, 1.807) is 18.3 Å². The molecule has 10 nitrogen and oxygen atoms in total.